The van der Waals surface area contributed by atoms with Gasteiger partial charge >= 0.3 is 0 Å². The molecule has 23 heavy (non-hydrogen) atoms. The molecule has 0 aliphatic carbocycles. The van der Waals surface area contributed by atoms with Gasteiger partial charge in [-0.05, 0) is 37.1 Å². The number of allylic oxidation sites excluding steroid dienone is 2. The van der Waals surface area contributed by atoms with E-state index >= 15 is 0 Å². The summed E-state index contributed by atoms with van der Waals surface area (Å²) in [4.78, 5) is 16.2. The van der Waals surface area contributed by atoms with Crippen LogP contribution in [0.3, 0.4) is 0 Å². The lowest BCUT2D eigenvalue weighted by molar-refractivity contribution is 0.104. The van der Waals surface area contributed by atoms with E-state index in [1.807, 2.05) is 0 Å². The molecule has 0 fully saturated rings. The molecule has 2 rings (SSSR count). The quantitative estimate of drug-likeness (QED) is 0.319. The van der Waals surface area contributed by atoms with Gasteiger partial charge in [0.2, 0.25) is 0 Å². The van der Waals surface area contributed by atoms with Crippen molar-refractivity contribution in [3.8, 4) is 0 Å². The minimum Gasteiger partial charge on any atom is -0.289 e. The molecular weight excluding hydrogens is 399 g/mol. The molecular formula is C16H10Cl5NO. The van der Waals surface area contributed by atoms with Crippen molar-refractivity contribution in [2.45, 2.75) is 13.3 Å². The number of hydrogen-bond acceptors (Lipinski definition) is 2. The first kappa shape index (κ1) is 18.6. The lowest BCUT2D eigenvalue weighted by Gasteiger charge is -2.08. The molecule has 0 saturated heterocycles. The Morgan fingerprint density at radius 1 is 1.09 bits per heavy atom. The molecule has 0 saturated carbocycles. The molecule has 0 aliphatic rings. The predicted octanol–water partition coefficient (Wildman–Crippen LogP) is 6.72. The van der Waals surface area contributed by atoms with E-state index in [2.05, 4.69) is 4.98 Å². The molecule has 0 aliphatic heterocycles. The van der Waals surface area contributed by atoms with Gasteiger partial charge in [-0.2, -0.15) is 0 Å². The molecule has 0 atom stereocenters. The zero-order chi connectivity index (χ0) is 17.1. The molecule has 0 spiro atoms. The molecule has 2 nitrogen and oxygen atoms in total. The van der Waals surface area contributed by atoms with E-state index in [-0.39, 0.29) is 26.5 Å². The minimum absolute atomic E-state index is 0.00391. The van der Waals surface area contributed by atoms with Crippen LogP contribution >= 0.6 is 58.0 Å². The van der Waals surface area contributed by atoms with Crippen molar-refractivity contribution in [2.24, 2.45) is 0 Å². The SMILES string of the molecule is C/C(=C\C(=O)c1c(Cl)ncc(Cl)c1Cl)Cc1c(Cl)cccc1Cl. The van der Waals surface area contributed by atoms with Gasteiger partial charge in [-0.1, -0.05) is 69.6 Å². The van der Waals surface area contributed by atoms with Gasteiger partial charge < -0.3 is 0 Å². The van der Waals surface area contributed by atoms with Crippen molar-refractivity contribution >= 4 is 63.8 Å². The van der Waals surface area contributed by atoms with E-state index in [4.69, 9.17) is 58.0 Å². The standard InChI is InChI=1S/C16H10Cl5NO/c1-8(5-9-10(17)3-2-4-11(9)18)6-13(23)14-15(20)12(19)7-22-16(14)21/h2-4,6-7H,5H2,1H3/b8-6+. The van der Waals surface area contributed by atoms with Gasteiger partial charge in [0, 0.05) is 16.2 Å². The Morgan fingerprint density at radius 2 is 1.70 bits per heavy atom. The molecule has 7 heteroatoms. The van der Waals surface area contributed by atoms with Crippen molar-refractivity contribution in [3.63, 3.8) is 0 Å². The Bertz CT molecular complexity index is 781. The van der Waals surface area contributed by atoms with Crippen LogP contribution in [0.2, 0.25) is 25.2 Å². The van der Waals surface area contributed by atoms with Crippen molar-refractivity contribution < 1.29 is 4.79 Å². The highest BCUT2D eigenvalue weighted by Crippen LogP contribution is 2.31. The highest BCUT2D eigenvalue weighted by molar-refractivity contribution is 6.46. The van der Waals surface area contributed by atoms with Crippen LogP contribution in [0, 0.1) is 0 Å². The van der Waals surface area contributed by atoms with E-state index in [0.29, 0.717) is 16.5 Å². The number of halogens is 5. The highest BCUT2D eigenvalue weighted by Gasteiger charge is 2.17. The number of carbonyl (C=O) groups is 1. The maximum absolute atomic E-state index is 12.4. The van der Waals surface area contributed by atoms with E-state index in [0.717, 1.165) is 11.1 Å². The Kier molecular flexibility index (Phi) is 6.35. The number of pyridine rings is 1. The van der Waals surface area contributed by atoms with Crippen LogP contribution in [0.1, 0.15) is 22.8 Å². The van der Waals surface area contributed by atoms with Crippen LogP contribution in [0.5, 0.6) is 0 Å². The number of rotatable bonds is 4. The molecule has 2 aromatic rings. The number of carbonyl (C=O) groups excluding carboxylic acids is 1. The number of benzene rings is 1. The zero-order valence-electron chi connectivity index (χ0n) is 11.8. The lowest BCUT2D eigenvalue weighted by Crippen LogP contribution is -2.02. The Morgan fingerprint density at radius 3 is 2.30 bits per heavy atom. The fraction of sp³-hybridized carbons (Fsp3) is 0.125. The van der Waals surface area contributed by atoms with Crippen LogP contribution in [-0.2, 0) is 6.42 Å². The molecule has 1 heterocycles. The molecule has 0 bridgehead atoms. The maximum Gasteiger partial charge on any atom is 0.190 e. The van der Waals surface area contributed by atoms with Crippen LogP contribution in [0.4, 0.5) is 0 Å². The highest BCUT2D eigenvalue weighted by atomic mass is 35.5. The largest absolute Gasteiger partial charge is 0.289 e. The number of ketones is 1. The second-order valence-corrected chi connectivity index (χ2v) is 6.78. The summed E-state index contributed by atoms with van der Waals surface area (Å²) in [7, 11) is 0. The lowest BCUT2D eigenvalue weighted by atomic mass is 10.0. The summed E-state index contributed by atoms with van der Waals surface area (Å²) >= 11 is 30.1. The van der Waals surface area contributed by atoms with Gasteiger partial charge in [-0.15, -0.1) is 0 Å². The first-order valence-corrected chi connectivity index (χ1v) is 8.34. The van der Waals surface area contributed by atoms with E-state index < -0.39 is 0 Å². The number of hydrogen-bond donors (Lipinski definition) is 0. The third-order valence-electron chi connectivity index (χ3n) is 3.07. The smallest absolute Gasteiger partial charge is 0.190 e. The van der Waals surface area contributed by atoms with Gasteiger partial charge in [0.15, 0.2) is 5.78 Å². The summed E-state index contributed by atoms with van der Waals surface area (Å²) in [6, 6.07) is 5.24. The molecule has 0 radical (unpaired) electrons. The van der Waals surface area contributed by atoms with Crippen molar-refractivity contribution in [1.29, 1.82) is 0 Å². The second-order valence-electron chi connectivity index (χ2n) is 4.82. The first-order valence-electron chi connectivity index (χ1n) is 6.45. The summed E-state index contributed by atoms with van der Waals surface area (Å²) in [6.07, 6.45) is 3.14. The molecule has 0 unspecified atom stereocenters. The summed E-state index contributed by atoms with van der Waals surface area (Å²) in [6.45, 7) is 1.79. The summed E-state index contributed by atoms with van der Waals surface area (Å²) in [5.41, 5.74) is 1.57. The third kappa shape index (κ3) is 4.40. The number of nitrogens with zero attached hydrogens (tertiary/aromatic N) is 1. The topological polar surface area (TPSA) is 30.0 Å². The predicted molar refractivity (Wildman–Crippen MR) is 97.5 cm³/mol. The molecule has 0 amide bonds. The molecule has 120 valence electrons. The number of aromatic nitrogens is 1. The molecule has 0 N–H and O–H groups in total. The Labute approximate surface area is 159 Å². The monoisotopic (exact) mass is 407 g/mol. The van der Waals surface area contributed by atoms with E-state index in [1.54, 1.807) is 25.1 Å². The summed E-state index contributed by atoms with van der Waals surface area (Å²) in [5.74, 6) is -0.379. The second kappa shape index (κ2) is 7.87. The van der Waals surface area contributed by atoms with Crippen molar-refractivity contribution in [2.75, 3.05) is 0 Å². The van der Waals surface area contributed by atoms with Crippen LogP contribution < -0.4 is 0 Å². The van der Waals surface area contributed by atoms with Gasteiger partial charge in [0.25, 0.3) is 0 Å². The van der Waals surface area contributed by atoms with Crippen molar-refractivity contribution in [1.82, 2.24) is 4.98 Å². The molecule has 1 aromatic carbocycles. The Hall–Kier alpha value is -0.770. The van der Waals surface area contributed by atoms with Crippen LogP contribution in [0.25, 0.3) is 0 Å². The van der Waals surface area contributed by atoms with Gasteiger partial charge in [-0.3, -0.25) is 4.79 Å². The van der Waals surface area contributed by atoms with E-state index in [1.165, 1.54) is 12.3 Å². The average molecular weight is 410 g/mol. The van der Waals surface area contributed by atoms with E-state index in [9.17, 15) is 4.79 Å². The minimum atomic E-state index is -0.379. The van der Waals surface area contributed by atoms with Crippen molar-refractivity contribution in [3.05, 3.63) is 72.4 Å². The summed E-state index contributed by atoms with van der Waals surface area (Å²) in [5, 5.41) is 1.33. The fourth-order valence-electron chi connectivity index (χ4n) is 1.98. The normalized spacial score (nSPS) is 11.7. The van der Waals surface area contributed by atoms with Gasteiger partial charge in [-0.25, -0.2) is 4.98 Å². The average Bonchev–Trinajstić information content (AvgIpc) is 2.47. The molecule has 1 aromatic heterocycles. The van der Waals surface area contributed by atoms with Crippen LogP contribution in [0.15, 0.2) is 36.0 Å². The maximum atomic E-state index is 12.4. The third-order valence-corrected chi connectivity index (χ3v) is 4.84. The van der Waals surface area contributed by atoms with Gasteiger partial charge in [0.05, 0.1) is 15.6 Å². The Balaban J connectivity index is 2.32. The summed E-state index contributed by atoms with van der Waals surface area (Å²) < 4.78 is 0. The fourth-order valence-corrected chi connectivity index (χ4v) is 3.17. The van der Waals surface area contributed by atoms with Gasteiger partial charge in [0.1, 0.15) is 5.15 Å². The zero-order valence-corrected chi connectivity index (χ0v) is 15.6. The first-order chi connectivity index (χ1) is 10.8. The van der Waals surface area contributed by atoms with Crippen LogP contribution in [-0.4, -0.2) is 10.8 Å².